The summed E-state index contributed by atoms with van der Waals surface area (Å²) in [6, 6.07) is 4.22. The summed E-state index contributed by atoms with van der Waals surface area (Å²) in [5, 5.41) is 0.0464. The summed E-state index contributed by atoms with van der Waals surface area (Å²) in [6.45, 7) is 1.94. The average Bonchev–Trinajstić information content (AvgIpc) is 2.23. The predicted octanol–water partition coefficient (Wildman–Crippen LogP) is 2.72. The maximum atomic E-state index is 12.9. The van der Waals surface area contributed by atoms with Crippen molar-refractivity contribution in [3.8, 4) is 0 Å². The van der Waals surface area contributed by atoms with Crippen LogP contribution < -0.4 is 5.73 Å². The van der Waals surface area contributed by atoms with E-state index in [-0.39, 0.29) is 23.3 Å². The highest BCUT2D eigenvalue weighted by atomic mass is 35.5. The van der Waals surface area contributed by atoms with E-state index in [0.717, 1.165) is 12.0 Å². The summed E-state index contributed by atoms with van der Waals surface area (Å²) in [6.07, 6.45) is 1.38. The van der Waals surface area contributed by atoms with Crippen LogP contribution in [-0.2, 0) is 11.2 Å². The van der Waals surface area contributed by atoms with Crippen molar-refractivity contribution < 1.29 is 9.18 Å². The van der Waals surface area contributed by atoms with Crippen LogP contribution in [-0.4, -0.2) is 11.8 Å². The molecular formula is C12H15ClFNO. The maximum Gasteiger partial charge on any atom is 0.141 e. The van der Waals surface area contributed by atoms with Gasteiger partial charge in [-0.05, 0) is 24.1 Å². The Kier molecular flexibility index (Phi) is 4.90. The van der Waals surface area contributed by atoms with Gasteiger partial charge in [-0.1, -0.05) is 24.6 Å². The third-order valence-corrected chi connectivity index (χ3v) is 2.69. The Labute approximate surface area is 99.6 Å². The average molecular weight is 244 g/mol. The van der Waals surface area contributed by atoms with Gasteiger partial charge in [-0.3, -0.25) is 4.79 Å². The molecule has 0 aromatic heterocycles. The van der Waals surface area contributed by atoms with Crippen LogP contribution in [0.2, 0.25) is 5.02 Å². The molecule has 0 bridgehead atoms. The number of benzene rings is 1. The Balaban J connectivity index is 2.59. The maximum absolute atomic E-state index is 12.9. The summed E-state index contributed by atoms with van der Waals surface area (Å²) in [4.78, 5) is 11.6. The van der Waals surface area contributed by atoms with Gasteiger partial charge in [0.1, 0.15) is 11.6 Å². The van der Waals surface area contributed by atoms with E-state index in [9.17, 15) is 9.18 Å². The second kappa shape index (κ2) is 5.97. The minimum atomic E-state index is -0.469. The van der Waals surface area contributed by atoms with Crippen LogP contribution in [0.1, 0.15) is 25.3 Å². The molecule has 0 spiro atoms. The molecule has 1 unspecified atom stereocenters. The predicted molar refractivity (Wildman–Crippen MR) is 63.0 cm³/mol. The Bertz CT molecular complexity index is 381. The molecule has 0 fully saturated rings. The number of carbonyl (C=O) groups is 1. The first kappa shape index (κ1) is 13.1. The lowest BCUT2D eigenvalue weighted by Crippen LogP contribution is -2.23. The zero-order valence-electron chi connectivity index (χ0n) is 9.17. The van der Waals surface area contributed by atoms with Crippen LogP contribution in [0.15, 0.2) is 18.2 Å². The molecule has 1 atom stereocenters. The number of hydrogen-bond acceptors (Lipinski definition) is 2. The molecule has 2 N–H and O–H groups in total. The fraction of sp³-hybridized carbons (Fsp3) is 0.417. The first-order chi connectivity index (χ1) is 7.52. The first-order valence-corrected chi connectivity index (χ1v) is 5.62. The summed E-state index contributed by atoms with van der Waals surface area (Å²) in [5.74, 6) is -0.417. The van der Waals surface area contributed by atoms with Gasteiger partial charge in [0.2, 0.25) is 0 Å². The van der Waals surface area contributed by atoms with E-state index in [1.807, 2.05) is 6.92 Å². The standard InChI is InChI=1S/C12H15ClFNO/c1-2-9(15)7-10(16)5-8-3-4-12(14)11(13)6-8/h3-4,6,9H,2,5,7,15H2,1H3. The van der Waals surface area contributed by atoms with Crippen molar-refractivity contribution in [2.75, 3.05) is 0 Å². The second-order valence-electron chi connectivity index (χ2n) is 3.84. The summed E-state index contributed by atoms with van der Waals surface area (Å²) in [7, 11) is 0. The Morgan fingerprint density at radius 1 is 1.56 bits per heavy atom. The second-order valence-corrected chi connectivity index (χ2v) is 4.24. The van der Waals surface area contributed by atoms with E-state index in [0.29, 0.717) is 6.42 Å². The van der Waals surface area contributed by atoms with Crippen molar-refractivity contribution >= 4 is 17.4 Å². The SMILES string of the molecule is CCC(N)CC(=O)Cc1ccc(F)c(Cl)c1. The number of hydrogen-bond donors (Lipinski definition) is 1. The molecule has 0 amide bonds. The number of Topliss-reactive ketones (excluding diaryl/α,β-unsaturated/α-hetero) is 1. The van der Waals surface area contributed by atoms with Crippen molar-refractivity contribution in [3.05, 3.63) is 34.6 Å². The van der Waals surface area contributed by atoms with Gasteiger partial charge in [-0.2, -0.15) is 0 Å². The van der Waals surface area contributed by atoms with Crippen molar-refractivity contribution in [1.82, 2.24) is 0 Å². The Morgan fingerprint density at radius 2 is 2.25 bits per heavy atom. The molecule has 16 heavy (non-hydrogen) atoms. The highest BCUT2D eigenvalue weighted by Gasteiger charge is 2.09. The lowest BCUT2D eigenvalue weighted by molar-refractivity contribution is -0.118. The van der Waals surface area contributed by atoms with Gasteiger partial charge in [-0.15, -0.1) is 0 Å². The molecule has 0 radical (unpaired) electrons. The van der Waals surface area contributed by atoms with E-state index in [1.54, 1.807) is 6.07 Å². The molecule has 0 saturated heterocycles. The van der Waals surface area contributed by atoms with Crippen LogP contribution in [0.3, 0.4) is 0 Å². The quantitative estimate of drug-likeness (QED) is 0.864. The van der Waals surface area contributed by atoms with Gasteiger partial charge < -0.3 is 5.73 Å². The largest absolute Gasteiger partial charge is 0.327 e. The highest BCUT2D eigenvalue weighted by Crippen LogP contribution is 2.16. The Morgan fingerprint density at radius 3 is 2.81 bits per heavy atom. The molecule has 1 aromatic rings. The molecule has 88 valence electrons. The fourth-order valence-electron chi connectivity index (χ4n) is 1.39. The minimum absolute atomic E-state index is 0.0464. The zero-order chi connectivity index (χ0) is 12.1. The van der Waals surface area contributed by atoms with Crippen LogP contribution in [0.25, 0.3) is 0 Å². The molecule has 0 saturated carbocycles. The lowest BCUT2D eigenvalue weighted by atomic mass is 10.0. The first-order valence-electron chi connectivity index (χ1n) is 5.24. The third kappa shape index (κ3) is 3.91. The zero-order valence-corrected chi connectivity index (χ0v) is 9.93. The third-order valence-electron chi connectivity index (χ3n) is 2.40. The monoisotopic (exact) mass is 243 g/mol. The summed E-state index contributed by atoms with van der Waals surface area (Å²) < 4.78 is 12.9. The van der Waals surface area contributed by atoms with Crippen LogP contribution in [0.4, 0.5) is 4.39 Å². The lowest BCUT2D eigenvalue weighted by Gasteiger charge is -2.07. The van der Waals surface area contributed by atoms with Gasteiger partial charge >= 0.3 is 0 Å². The number of rotatable bonds is 5. The number of carbonyl (C=O) groups excluding carboxylic acids is 1. The van der Waals surface area contributed by atoms with E-state index in [1.165, 1.54) is 12.1 Å². The van der Waals surface area contributed by atoms with Crippen molar-refractivity contribution in [1.29, 1.82) is 0 Å². The normalized spacial score (nSPS) is 12.5. The van der Waals surface area contributed by atoms with Crippen LogP contribution in [0, 0.1) is 5.82 Å². The molecule has 0 aliphatic heterocycles. The van der Waals surface area contributed by atoms with Crippen LogP contribution in [0.5, 0.6) is 0 Å². The molecule has 4 heteroatoms. The van der Waals surface area contributed by atoms with Crippen molar-refractivity contribution in [3.63, 3.8) is 0 Å². The highest BCUT2D eigenvalue weighted by molar-refractivity contribution is 6.30. The summed E-state index contributed by atoms with van der Waals surface area (Å²) in [5.41, 5.74) is 6.40. The van der Waals surface area contributed by atoms with E-state index in [4.69, 9.17) is 17.3 Å². The van der Waals surface area contributed by atoms with Gasteiger partial charge in [0.25, 0.3) is 0 Å². The van der Waals surface area contributed by atoms with E-state index in [2.05, 4.69) is 0 Å². The molecule has 1 rings (SSSR count). The minimum Gasteiger partial charge on any atom is -0.327 e. The number of nitrogens with two attached hydrogens (primary N) is 1. The van der Waals surface area contributed by atoms with E-state index < -0.39 is 5.82 Å². The number of ketones is 1. The van der Waals surface area contributed by atoms with E-state index >= 15 is 0 Å². The number of halogens is 2. The topological polar surface area (TPSA) is 43.1 Å². The molecule has 0 aliphatic rings. The molecule has 1 aromatic carbocycles. The summed E-state index contributed by atoms with van der Waals surface area (Å²) >= 11 is 5.62. The van der Waals surface area contributed by atoms with Crippen molar-refractivity contribution in [2.45, 2.75) is 32.2 Å². The van der Waals surface area contributed by atoms with Crippen LogP contribution >= 0.6 is 11.6 Å². The smallest absolute Gasteiger partial charge is 0.141 e. The van der Waals surface area contributed by atoms with Gasteiger partial charge in [0.15, 0.2) is 0 Å². The fourth-order valence-corrected chi connectivity index (χ4v) is 1.59. The molecular weight excluding hydrogens is 229 g/mol. The van der Waals surface area contributed by atoms with Crippen molar-refractivity contribution in [2.24, 2.45) is 5.73 Å². The molecule has 0 heterocycles. The molecule has 0 aliphatic carbocycles. The van der Waals surface area contributed by atoms with Gasteiger partial charge in [0.05, 0.1) is 5.02 Å². The molecule has 2 nitrogen and oxygen atoms in total. The Hall–Kier alpha value is -0.930. The van der Waals surface area contributed by atoms with Gasteiger partial charge in [0, 0.05) is 18.9 Å². The van der Waals surface area contributed by atoms with Gasteiger partial charge in [-0.25, -0.2) is 4.39 Å².